The normalized spacial score (nSPS) is 39.2. The number of ether oxygens (including phenoxy) is 8. The molecule has 376 valence electrons. The fourth-order valence-electron chi connectivity index (χ4n) is 13.0. The Balaban J connectivity index is 0.716. The molecule has 7 aliphatic heterocycles. The first-order valence-corrected chi connectivity index (χ1v) is 26.5. The second kappa shape index (κ2) is 20.5. The van der Waals surface area contributed by atoms with Gasteiger partial charge in [-0.15, -0.1) is 0 Å². The zero-order valence-electron chi connectivity index (χ0n) is 41.6. The van der Waals surface area contributed by atoms with E-state index in [1.807, 2.05) is 6.08 Å². The summed E-state index contributed by atoms with van der Waals surface area (Å²) in [4.78, 5) is 0. The van der Waals surface area contributed by atoms with Crippen LogP contribution in [0.15, 0.2) is 90.6 Å². The van der Waals surface area contributed by atoms with Crippen molar-refractivity contribution in [3.05, 3.63) is 96.1 Å². The summed E-state index contributed by atoms with van der Waals surface area (Å²) >= 11 is 0. The third kappa shape index (κ3) is 10.3. The van der Waals surface area contributed by atoms with Gasteiger partial charge < -0.3 is 53.2 Å². The van der Waals surface area contributed by atoms with Gasteiger partial charge >= 0.3 is 0 Å². The van der Waals surface area contributed by atoms with Crippen LogP contribution in [0, 0.1) is 17.8 Å². The lowest BCUT2D eigenvalue weighted by molar-refractivity contribution is -0.320. The largest absolute Gasteiger partial charge is 0.390 e. The fourth-order valence-corrected chi connectivity index (χ4v) is 13.0. The number of fused-ring (bicyclic) bond motifs is 3. The van der Waals surface area contributed by atoms with Crippen molar-refractivity contribution in [1.82, 2.24) is 0 Å². The van der Waals surface area contributed by atoms with Gasteiger partial charge in [-0.2, -0.15) is 0 Å². The SMILES string of the molecule is C=C1[C@@H](O)[C@@H]2O[C@]3(CC[C@H](/C=C/[C@@H](C)[C@@H]4CC(C)=C[C@@]5(O[C@H](C[C@H](C)OCc6c7ccccc7cc7ccccc67)CC[C@H]5O)O4)O3)CC[C@H]2O[C@@H]1[C@@H](O)C[C@H](C)[C@H]1O[C@@]2(CCCCO2)CC[C@H]1C. The summed E-state index contributed by atoms with van der Waals surface area (Å²) in [7, 11) is 0. The Morgan fingerprint density at radius 1 is 0.841 bits per heavy atom. The van der Waals surface area contributed by atoms with Crippen molar-refractivity contribution in [2.24, 2.45) is 17.8 Å². The molecular weight excluding hydrogens is 873 g/mol. The molecule has 0 amide bonds. The minimum absolute atomic E-state index is 0.00819. The van der Waals surface area contributed by atoms with E-state index in [-0.39, 0.29) is 48.5 Å². The molecule has 0 bridgehead atoms. The molecular formula is C58H78O11. The van der Waals surface area contributed by atoms with Gasteiger partial charge in [0.05, 0.1) is 55.9 Å². The van der Waals surface area contributed by atoms with Crippen LogP contribution in [0.4, 0.5) is 0 Å². The molecule has 0 aromatic heterocycles. The van der Waals surface area contributed by atoms with E-state index >= 15 is 0 Å². The fraction of sp³-hybridized carbons (Fsp3) is 0.655. The highest BCUT2D eigenvalue weighted by atomic mass is 16.7. The molecule has 3 N–H and O–H groups in total. The van der Waals surface area contributed by atoms with E-state index in [9.17, 15) is 15.3 Å². The summed E-state index contributed by atoms with van der Waals surface area (Å²) < 4.78 is 53.0. The highest BCUT2D eigenvalue weighted by molar-refractivity contribution is 6.02. The molecule has 7 heterocycles. The van der Waals surface area contributed by atoms with Crippen molar-refractivity contribution in [2.75, 3.05) is 6.61 Å². The lowest BCUT2D eigenvalue weighted by Gasteiger charge is -2.50. The lowest BCUT2D eigenvalue weighted by atomic mass is 9.79. The van der Waals surface area contributed by atoms with E-state index in [1.54, 1.807) is 0 Å². The number of aliphatic hydroxyl groups excluding tert-OH is 3. The second-order valence-corrected chi connectivity index (χ2v) is 22.2. The highest BCUT2D eigenvalue weighted by Gasteiger charge is 2.55. The third-order valence-corrected chi connectivity index (χ3v) is 16.9. The average molecular weight is 951 g/mol. The van der Waals surface area contributed by atoms with Crippen LogP contribution in [0.3, 0.4) is 0 Å². The first-order valence-electron chi connectivity index (χ1n) is 26.5. The van der Waals surface area contributed by atoms with Gasteiger partial charge in [-0.3, -0.25) is 0 Å². The summed E-state index contributed by atoms with van der Waals surface area (Å²) in [6.45, 7) is 16.2. The monoisotopic (exact) mass is 951 g/mol. The summed E-state index contributed by atoms with van der Waals surface area (Å²) in [5.41, 5.74) is 2.78. The van der Waals surface area contributed by atoms with E-state index in [1.165, 1.54) is 27.1 Å². The Bertz CT molecular complexity index is 2290. The molecule has 6 saturated heterocycles. The zero-order valence-corrected chi connectivity index (χ0v) is 41.6. The standard InChI is InChI=1S/C58H78O11/c1-35-29-50(67-58(33-35)51(60)20-19-44(66-58)31-39(5)62-34-47-45-15-9-7-13-41(45)32-42-14-8-10-16-46(42)47)36(2)17-18-43-22-26-57(65-43)27-23-49-55(69-57)52(61)40(6)54(64-49)48(59)30-38(4)53-37(3)21-25-56(68-53)24-11-12-28-63-56/h7-10,13-18,32-33,36-39,43-44,48-55,59-61H,6,11-12,19-31,34H2,1-5H3/b18-17+/t36-,37-,38+,39+,43+,44+,48+,49-,50+,51-,52-,53+,54+,55-,56+,57-,58-/m1/s1. The summed E-state index contributed by atoms with van der Waals surface area (Å²) in [6.07, 6.45) is 12.3. The van der Waals surface area contributed by atoms with Crippen molar-refractivity contribution < 1.29 is 53.2 Å². The smallest absolute Gasteiger partial charge is 0.215 e. The molecule has 7 aliphatic rings. The maximum Gasteiger partial charge on any atom is 0.215 e. The van der Waals surface area contributed by atoms with Crippen LogP contribution in [0.2, 0.25) is 0 Å². The maximum atomic E-state index is 11.7. The van der Waals surface area contributed by atoms with Gasteiger partial charge in [0.1, 0.15) is 24.4 Å². The van der Waals surface area contributed by atoms with Crippen molar-refractivity contribution in [3.8, 4) is 0 Å². The Labute approximate surface area is 409 Å². The Morgan fingerprint density at radius 2 is 1.58 bits per heavy atom. The molecule has 10 rings (SSSR count). The van der Waals surface area contributed by atoms with E-state index in [2.05, 4.69) is 108 Å². The molecule has 69 heavy (non-hydrogen) atoms. The van der Waals surface area contributed by atoms with Crippen molar-refractivity contribution in [3.63, 3.8) is 0 Å². The third-order valence-electron chi connectivity index (χ3n) is 16.9. The van der Waals surface area contributed by atoms with Gasteiger partial charge in [0, 0.05) is 31.6 Å². The molecule has 0 radical (unpaired) electrons. The minimum atomic E-state index is -1.22. The molecule has 11 nitrogen and oxygen atoms in total. The summed E-state index contributed by atoms with van der Waals surface area (Å²) in [5, 5.41) is 39.6. The summed E-state index contributed by atoms with van der Waals surface area (Å²) in [6, 6.07) is 19.3. The predicted octanol–water partition coefficient (Wildman–Crippen LogP) is 10.3. The average Bonchev–Trinajstić information content (AvgIpc) is 3.74. The van der Waals surface area contributed by atoms with E-state index in [4.69, 9.17) is 37.9 Å². The molecule has 0 aliphatic carbocycles. The molecule has 3 spiro atoms. The van der Waals surface area contributed by atoms with Gasteiger partial charge in [0.25, 0.3) is 0 Å². The Hall–Kier alpha value is -3.04. The van der Waals surface area contributed by atoms with Gasteiger partial charge in [0.15, 0.2) is 11.6 Å². The number of hydrogen-bond acceptors (Lipinski definition) is 11. The van der Waals surface area contributed by atoms with Gasteiger partial charge in [-0.05, 0) is 135 Å². The van der Waals surface area contributed by atoms with Crippen molar-refractivity contribution >= 4 is 21.5 Å². The lowest BCUT2D eigenvalue weighted by Crippen LogP contribution is -2.60. The van der Waals surface area contributed by atoms with Crippen LogP contribution in [-0.4, -0.2) is 106 Å². The van der Waals surface area contributed by atoms with E-state index in [0.29, 0.717) is 56.6 Å². The van der Waals surface area contributed by atoms with E-state index < -0.39 is 47.9 Å². The number of aliphatic hydroxyl groups is 3. The minimum Gasteiger partial charge on any atom is -0.390 e. The van der Waals surface area contributed by atoms with E-state index in [0.717, 1.165) is 63.5 Å². The topological polar surface area (TPSA) is 135 Å². The molecule has 0 saturated carbocycles. The van der Waals surface area contributed by atoms with Crippen LogP contribution < -0.4 is 0 Å². The number of rotatable bonds is 12. The summed E-state index contributed by atoms with van der Waals surface area (Å²) in [5.74, 6) is -2.12. The van der Waals surface area contributed by atoms with Crippen LogP contribution in [-0.2, 0) is 44.5 Å². The van der Waals surface area contributed by atoms with Crippen LogP contribution in [0.1, 0.15) is 130 Å². The molecule has 3 aromatic rings. The zero-order chi connectivity index (χ0) is 48.1. The van der Waals surface area contributed by atoms with Gasteiger partial charge in [-0.1, -0.05) is 93.6 Å². The second-order valence-electron chi connectivity index (χ2n) is 22.2. The first-order chi connectivity index (χ1) is 33.2. The number of hydrogen-bond donors (Lipinski definition) is 3. The first kappa shape index (κ1) is 49.5. The Morgan fingerprint density at radius 3 is 2.33 bits per heavy atom. The molecule has 6 fully saturated rings. The van der Waals surface area contributed by atoms with Crippen LogP contribution in [0.25, 0.3) is 21.5 Å². The molecule has 17 atom stereocenters. The number of benzene rings is 3. The van der Waals surface area contributed by atoms with Crippen molar-refractivity contribution in [1.29, 1.82) is 0 Å². The van der Waals surface area contributed by atoms with Crippen molar-refractivity contribution in [2.45, 2.75) is 216 Å². The predicted molar refractivity (Wildman–Crippen MR) is 265 cm³/mol. The molecule has 11 heteroatoms. The maximum absolute atomic E-state index is 11.7. The molecule has 3 aromatic carbocycles. The highest BCUT2D eigenvalue weighted by Crippen LogP contribution is 2.48. The molecule has 0 unspecified atom stereocenters. The van der Waals surface area contributed by atoms with Gasteiger partial charge in [0.2, 0.25) is 5.79 Å². The van der Waals surface area contributed by atoms with Gasteiger partial charge in [-0.25, -0.2) is 0 Å². The quantitative estimate of drug-likeness (QED) is 0.118. The van der Waals surface area contributed by atoms with Crippen LogP contribution in [0.5, 0.6) is 0 Å². The Kier molecular flexibility index (Phi) is 14.7. The van der Waals surface area contributed by atoms with Crippen LogP contribution >= 0.6 is 0 Å².